The molecule has 104 valence electrons. The second-order valence-corrected chi connectivity index (χ2v) is 6.75. The number of amides is 1. The average molecular weight is 254 g/mol. The van der Waals surface area contributed by atoms with Gasteiger partial charge in [-0.25, -0.2) is 4.79 Å². The Morgan fingerprint density at radius 1 is 1.39 bits per heavy atom. The zero-order valence-electron chi connectivity index (χ0n) is 11.9. The van der Waals surface area contributed by atoms with E-state index < -0.39 is 5.60 Å². The lowest BCUT2D eigenvalue weighted by Gasteiger charge is -2.46. The molecule has 2 rings (SSSR count). The first-order valence-electron chi connectivity index (χ1n) is 7.08. The van der Waals surface area contributed by atoms with Gasteiger partial charge in [0.25, 0.3) is 0 Å². The van der Waals surface area contributed by atoms with E-state index in [1.54, 1.807) is 0 Å². The Labute approximate surface area is 110 Å². The highest BCUT2D eigenvalue weighted by Crippen LogP contribution is 2.47. The lowest BCUT2D eigenvalue weighted by molar-refractivity contribution is -0.0130. The number of fused-ring (bicyclic) bond motifs is 1. The van der Waals surface area contributed by atoms with Crippen LogP contribution in [-0.4, -0.2) is 35.7 Å². The molecule has 2 aliphatic rings. The Kier molecular flexibility index (Phi) is 3.58. The van der Waals surface area contributed by atoms with Crippen LogP contribution in [-0.2, 0) is 4.74 Å². The van der Waals surface area contributed by atoms with Gasteiger partial charge in [0.05, 0.1) is 0 Å². The third-order valence-corrected chi connectivity index (χ3v) is 4.34. The number of carbonyl (C=O) groups is 1. The summed E-state index contributed by atoms with van der Waals surface area (Å²) in [5, 5.41) is 0. The first-order valence-corrected chi connectivity index (χ1v) is 7.08. The lowest BCUT2D eigenvalue weighted by atomic mass is 9.75. The predicted octanol–water partition coefficient (Wildman–Crippen LogP) is 2.51. The summed E-state index contributed by atoms with van der Waals surface area (Å²) in [6, 6.07) is 0.297. The summed E-state index contributed by atoms with van der Waals surface area (Å²) in [4.78, 5) is 14.2. The van der Waals surface area contributed by atoms with Gasteiger partial charge in [0.2, 0.25) is 0 Å². The predicted molar refractivity (Wildman–Crippen MR) is 71.3 cm³/mol. The Morgan fingerprint density at radius 2 is 2.06 bits per heavy atom. The van der Waals surface area contributed by atoms with E-state index in [1.807, 2.05) is 25.7 Å². The summed E-state index contributed by atoms with van der Waals surface area (Å²) < 4.78 is 5.52. The van der Waals surface area contributed by atoms with Crippen molar-refractivity contribution >= 4 is 6.09 Å². The van der Waals surface area contributed by atoms with Crippen molar-refractivity contribution in [1.82, 2.24) is 4.90 Å². The lowest BCUT2D eigenvalue weighted by Crippen LogP contribution is -2.55. The highest BCUT2D eigenvalue weighted by Gasteiger charge is 2.49. The normalized spacial score (nSPS) is 32.2. The third kappa shape index (κ3) is 2.48. The molecule has 1 saturated heterocycles. The molecule has 2 unspecified atom stereocenters. The van der Waals surface area contributed by atoms with Crippen LogP contribution in [0, 0.1) is 5.41 Å². The number of ether oxygens (including phenoxy) is 1. The second-order valence-electron chi connectivity index (χ2n) is 6.75. The Balaban J connectivity index is 2.11. The minimum absolute atomic E-state index is 0.160. The van der Waals surface area contributed by atoms with E-state index >= 15 is 0 Å². The maximum Gasteiger partial charge on any atom is 0.410 e. The molecule has 1 saturated carbocycles. The summed E-state index contributed by atoms with van der Waals surface area (Å²) in [5.74, 6) is 0. The number of carbonyl (C=O) groups excluding carboxylic acids is 1. The third-order valence-electron chi connectivity index (χ3n) is 4.34. The van der Waals surface area contributed by atoms with E-state index in [9.17, 15) is 4.79 Å². The van der Waals surface area contributed by atoms with Gasteiger partial charge in [0, 0.05) is 18.0 Å². The monoisotopic (exact) mass is 254 g/mol. The van der Waals surface area contributed by atoms with E-state index in [-0.39, 0.29) is 11.5 Å². The van der Waals surface area contributed by atoms with E-state index in [0.717, 1.165) is 32.2 Å². The van der Waals surface area contributed by atoms with Crippen LogP contribution in [0.5, 0.6) is 0 Å². The molecule has 0 aromatic carbocycles. The van der Waals surface area contributed by atoms with Gasteiger partial charge in [0.1, 0.15) is 5.60 Å². The average Bonchev–Trinajstić information content (AvgIpc) is 2.70. The van der Waals surface area contributed by atoms with Crippen molar-refractivity contribution in [1.29, 1.82) is 0 Å². The van der Waals surface area contributed by atoms with Crippen LogP contribution in [0.4, 0.5) is 4.79 Å². The molecule has 2 atom stereocenters. The molecule has 0 aromatic rings. The Bertz CT molecular complexity index is 324. The van der Waals surface area contributed by atoms with Gasteiger partial charge in [-0.1, -0.05) is 6.42 Å². The molecule has 0 spiro atoms. The maximum atomic E-state index is 12.3. The first kappa shape index (κ1) is 13.7. The zero-order valence-corrected chi connectivity index (χ0v) is 11.9. The molecular formula is C14H26N2O2. The van der Waals surface area contributed by atoms with E-state index in [0.29, 0.717) is 12.6 Å². The van der Waals surface area contributed by atoms with Crippen LogP contribution in [0.25, 0.3) is 0 Å². The number of rotatable bonds is 1. The summed E-state index contributed by atoms with van der Waals surface area (Å²) in [7, 11) is 0. The minimum atomic E-state index is -0.418. The van der Waals surface area contributed by atoms with Crippen LogP contribution in [0.3, 0.4) is 0 Å². The standard InChI is InChI=1S/C14H26N2O2/c1-13(2,3)18-12(17)16-9-5-8-14(10-15)7-4-6-11(14)16/h11H,4-10,15H2,1-3H3. The van der Waals surface area contributed by atoms with E-state index in [1.165, 1.54) is 6.42 Å². The maximum absolute atomic E-state index is 12.3. The van der Waals surface area contributed by atoms with Crippen molar-refractivity contribution in [2.24, 2.45) is 11.1 Å². The molecule has 1 aliphatic carbocycles. The Morgan fingerprint density at radius 3 is 2.67 bits per heavy atom. The number of piperidine rings is 1. The van der Waals surface area contributed by atoms with Crippen LogP contribution < -0.4 is 5.73 Å². The molecule has 1 aliphatic heterocycles. The van der Waals surface area contributed by atoms with Crippen molar-refractivity contribution in [2.45, 2.75) is 64.5 Å². The second kappa shape index (κ2) is 4.72. The highest BCUT2D eigenvalue weighted by atomic mass is 16.6. The van der Waals surface area contributed by atoms with Crippen molar-refractivity contribution in [2.75, 3.05) is 13.1 Å². The van der Waals surface area contributed by atoms with E-state index in [2.05, 4.69) is 0 Å². The summed E-state index contributed by atoms with van der Waals surface area (Å²) in [6.07, 6.45) is 5.47. The smallest absolute Gasteiger partial charge is 0.410 e. The fourth-order valence-electron chi connectivity index (χ4n) is 3.53. The summed E-state index contributed by atoms with van der Waals surface area (Å²) in [5.41, 5.74) is 5.73. The minimum Gasteiger partial charge on any atom is -0.444 e. The molecule has 2 N–H and O–H groups in total. The van der Waals surface area contributed by atoms with Gasteiger partial charge < -0.3 is 15.4 Å². The largest absolute Gasteiger partial charge is 0.444 e. The van der Waals surface area contributed by atoms with Gasteiger partial charge in [0.15, 0.2) is 0 Å². The van der Waals surface area contributed by atoms with Gasteiger partial charge in [-0.3, -0.25) is 0 Å². The molecule has 18 heavy (non-hydrogen) atoms. The molecule has 4 heteroatoms. The number of hydrogen-bond donors (Lipinski definition) is 1. The summed E-state index contributed by atoms with van der Waals surface area (Å²) in [6.45, 7) is 7.26. The first-order chi connectivity index (χ1) is 8.38. The zero-order chi connectivity index (χ0) is 13.4. The van der Waals surface area contributed by atoms with Crippen LogP contribution in [0.1, 0.15) is 52.9 Å². The van der Waals surface area contributed by atoms with Gasteiger partial charge >= 0.3 is 6.09 Å². The number of nitrogens with zero attached hydrogens (tertiary/aromatic N) is 1. The fourth-order valence-corrected chi connectivity index (χ4v) is 3.53. The summed E-state index contributed by atoms with van der Waals surface area (Å²) >= 11 is 0. The molecule has 0 bridgehead atoms. The molecule has 1 amide bonds. The molecule has 4 nitrogen and oxygen atoms in total. The van der Waals surface area contributed by atoms with Crippen molar-refractivity contribution in [3.8, 4) is 0 Å². The number of hydrogen-bond acceptors (Lipinski definition) is 3. The van der Waals surface area contributed by atoms with Gasteiger partial charge in [-0.2, -0.15) is 0 Å². The molecule has 0 aromatic heterocycles. The highest BCUT2D eigenvalue weighted by molar-refractivity contribution is 5.69. The van der Waals surface area contributed by atoms with Gasteiger partial charge in [-0.15, -0.1) is 0 Å². The quantitative estimate of drug-likeness (QED) is 0.782. The van der Waals surface area contributed by atoms with Crippen molar-refractivity contribution in [3.05, 3.63) is 0 Å². The Hall–Kier alpha value is -0.770. The topological polar surface area (TPSA) is 55.6 Å². The van der Waals surface area contributed by atoms with Crippen LogP contribution in [0.15, 0.2) is 0 Å². The van der Waals surface area contributed by atoms with Crippen LogP contribution >= 0.6 is 0 Å². The molecule has 1 heterocycles. The fraction of sp³-hybridized carbons (Fsp3) is 0.929. The number of nitrogens with two attached hydrogens (primary N) is 1. The SMILES string of the molecule is CC(C)(C)OC(=O)N1CCCC2(CN)CCCC12. The number of likely N-dealkylation sites (tertiary alicyclic amines) is 1. The van der Waals surface area contributed by atoms with Gasteiger partial charge in [-0.05, 0) is 53.0 Å². The van der Waals surface area contributed by atoms with Crippen molar-refractivity contribution in [3.63, 3.8) is 0 Å². The van der Waals surface area contributed by atoms with Crippen LogP contribution in [0.2, 0.25) is 0 Å². The van der Waals surface area contributed by atoms with Crippen molar-refractivity contribution < 1.29 is 9.53 Å². The molecule has 2 fully saturated rings. The van der Waals surface area contributed by atoms with E-state index in [4.69, 9.17) is 10.5 Å². The molecular weight excluding hydrogens is 228 g/mol. The molecule has 0 radical (unpaired) electrons.